The lowest BCUT2D eigenvalue weighted by Crippen LogP contribution is -2.31. The average molecular weight is 193 g/mol. The lowest BCUT2D eigenvalue weighted by molar-refractivity contribution is 0.298. The number of aryl methyl sites for hydroxylation is 1. The van der Waals surface area contributed by atoms with Gasteiger partial charge in [-0.3, -0.25) is 0 Å². The van der Waals surface area contributed by atoms with Crippen LogP contribution in [0.3, 0.4) is 0 Å². The number of hydrogen-bond donors (Lipinski definition) is 1. The highest BCUT2D eigenvalue weighted by Gasteiger charge is 2.51. The van der Waals surface area contributed by atoms with Crippen molar-refractivity contribution in [2.75, 3.05) is 13.1 Å². The van der Waals surface area contributed by atoms with Crippen LogP contribution in [0.4, 0.5) is 0 Å². The highest BCUT2D eigenvalue weighted by atomic mass is 16.4. The second kappa shape index (κ2) is 2.79. The molecular weight excluding hydrogens is 178 g/mol. The molecule has 1 aliphatic heterocycles. The van der Waals surface area contributed by atoms with Crippen molar-refractivity contribution in [1.29, 1.82) is 0 Å². The first-order chi connectivity index (χ1) is 6.81. The van der Waals surface area contributed by atoms with Gasteiger partial charge in [0.15, 0.2) is 0 Å². The van der Waals surface area contributed by atoms with Gasteiger partial charge in [-0.25, -0.2) is 0 Å². The first-order valence-electron chi connectivity index (χ1n) is 5.32. The zero-order valence-corrected chi connectivity index (χ0v) is 8.42. The summed E-state index contributed by atoms with van der Waals surface area (Å²) < 4.78 is 5.61. The Bertz CT molecular complexity index is 337. The summed E-state index contributed by atoms with van der Waals surface area (Å²) in [5, 5.41) is 11.6. The fourth-order valence-corrected chi connectivity index (χ4v) is 3.00. The fraction of sp³-hybridized carbons (Fsp3) is 0.800. The third-order valence-electron chi connectivity index (χ3n) is 3.74. The average Bonchev–Trinajstić information content (AvgIpc) is 2.75. The molecule has 2 atom stereocenters. The number of nitrogens with one attached hydrogen (secondary N) is 1. The van der Waals surface area contributed by atoms with Crippen LogP contribution in [0.1, 0.15) is 31.0 Å². The molecule has 0 spiro atoms. The van der Waals surface area contributed by atoms with E-state index in [1.165, 1.54) is 19.3 Å². The van der Waals surface area contributed by atoms with Crippen LogP contribution in [0.25, 0.3) is 0 Å². The molecule has 3 rings (SSSR count). The third-order valence-corrected chi connectivity index (χ3v) is 3.74. The Morgan fingerprint density at radius 2 is 2.43 bits per heavy atom. The van der Waals surface area contributed by atoms with Crippen molar-refractivity contribution in [3.05, 3.63) is 11.8 Å². The summed E-state index contributed by atoms with van der Waals surface area (Å²) in [6, 6.07) is 0. The Kier molecular flexibility index (Phi) is 1.68. The van der Waals surface area contributed by atoms with Gasteiger partial charge in [0.1, 0.15) is 0 Å². The lowest BCUT2D eigenvalue weighted by Gasteiger charge is -2.23. The molecule has 1 saturated carbocycles. The van der Waals surface area contributed by atoms with Gasteiger partial charge in [-0.2, -0.15) is 0 Å². The van der Waals surface area contributed by atoms with Crippen molar-refractivity contribution in [2.24, 2.45) is 5.92 Å². The maximum Gasteiger partial charge on any atom is 0.224 e. The number of rotatable bonds is 1. The summed E-state index contributed by atoms with van der Waals surface area (Å²) in [5.41, 5.74) is 0.168. The number of aromatic nitrogens is 2. The molecule has 1 saturated heterocycles. The van der Waals surface area contributed by atoms with Gasteiger partial charge in [-0.1, -0.05) is 6.42 Å². The zero-order chi connectivity index (χ0) is 9.60. The number of fused-ring (bicyclic) bond motifs is 1. The lowest BCUT2D eigenvalue weighted by atomic mass is 9.81. The summed E-state index contributed by atoms with van der Waals surface area (Å²) in [5.74, 6) is 2.26. The minimum Gasteiger partial charge on any atom is -0.425 e. The predicted molar refractivity (Wildman–Crippen MR) is 50.9 cm³/mol. The highest BCUT2D eigenvalue weighted by Crippen LogP contribution is 2.47. The molecule has 0 amide bonds. The predicted octanol–water partition coefficient (Wildman–Crippen LogP) is 1.02. The molecule has 1 N–H and O–H groups in total. The molecule has 2 aliphatic rings. The van der Waals surface area contributed by atoms with E-state index < -0.39 is 0 Å². The molecular formula is C10H15N3O. The van der Waals surface area contributed by atoms with Crippen LogP contribution in [0.5, 0.6) is 0 Å². The Labute approximate surface area is 83.1 Å². The first-order valence-corrected chi connectivity index (χ1v) is 5.32. The van der Waals surface area contributed by atoms with Crippen LogP contribution < -0.4 is 5.32 Å². The van der Waals surface area contributed by atoms with Gasteiger partial charge in [0.25, 0.3) is 0 Å². The summed E-state index contributed by atoms with van der Waals surface area (Å²) >= 11 is 0. The molecule has 4 nitrogen and oxygen atoms in total. The van der Waals surface area contributed by atoms with E-state index >= 15 is 0 Å². The minimum atomic E-state index is 0.168. The topological polar surface area (TPSA) is 51.0 Å². The van der Waals surface area contributed by atoms with E-state index in [2.05, 4.69) is 15.5 Å². The van der Waals surface area contributed by atoms with Crippen molar-refractivity contribution >= 4 is 0 Å². The van der Waals surface area contributed by atoms with E-state index in [0.717, 1.165) is 19.0 Å². The van der Waals surface area contributed by atoms with Crippen LogP contribution in [0, 0.1) is 12.8 Å². The summed E-state index contributed by atoms with van der Waals surface area (Å²) in [6.45, 7) is 3.99. The minimum absolute atomic E-state index is 0.168. The standard InChI is InChI=1S/C10H15N3O/c1-7-12-13-9(14-7)10-4-2-3-8(10)5-11-6-10/h8,11H,2-6H2,1H3. The second-order valence-electron chi connectivity index (χ2n) is 4.50. The molecule has 2 unspecified atom stereocenters. The van der Waals surface area contributed by atoms with Crippen molar-refractivity contribution in [3.8, 4) is 0 Å². The molecule has 1 aromatic rings. The van der Waals surface area contributed by atoms with E-state index in [4.69, 9.17) is 4.42 Å². The van der Waals surface area contributed by atoms with Gasteiger partial charge in [0, 0.05) is 13.5 Å². The van der Waals surface area contributed by atoms with E-state index in [1.807, 2.05) is 6.92 Å². The molecule has 1 aromatic heterocycles. The molecule has 2 fully saturated rings. The van der Waals surface area contributed by atoms with E-state index in [-0.39, 0.29) is 5.41 Å². The molecule has 76 valence electrons. The summed E-state index contributed by atoms with van der Waals surface area (Å²) in [4.78, 5) is 0. The third kappa shape index (κ3) is 0.974. The monoisotopic (exact) mass is 193 g/mol. The van der Waals surface area contributed by atoms with Gasteiger partial charge in [-0.05, 0) is 25.3 Å². The molecule has 0 aromatic carbocycles. The Hall–Kier alpha value is -0.900. The molecule has 4 heteroatoms. The molecule has 1 aliphatic carbocycles. The van der Waals surface area contributed by atoms with Crippen LogP contribution >= 0.6 is 0 Å². The van der Waals surface area contributed by atoms with Gasteiger partial charge in [0.05, 0.1) is 5.41 Å². The van der Waals surface area contributed by atoms with Crippen molar-refractivity contribution in [1.82, 2.24) is 15.5 Å². The van der Waals surface area contributed by atoms with Gasteiger partial charge in [-0.15, -0.1) is 10.2 Å². The smallest absolute Gasteiger partial charge is 0.224 e. The quantitative estimate of drug-likeness (QED) is 0.723. The molecule has 2 heterocycles. The van der Waals surface area contributed by atoms with Crippen molar-refractivity contribution in [2.45, 2.75) is 31.6 Å². The highest BCUT2D eigenvalue weighted by molar-refractivity contribution is 5.15. The first kappa shape index (κ1) is 8.41. The van der Waals surface area contributed by atoms with Crippen molar-refractivity contribution in [3.63, 3.8) is 0 Å². The molecule has 0 radical (unpaired) electrons. The second-order valence-corrected chi connectivity index (χ2v) is 4.50. The summed E-state index contributed by atoms with van der Waals surface area (Å²) in [7, 11) is 0. The fourth-order valence-electron chi connectivity index (χ4n) is 3.00. The van der Waals surface area contributed by atoms with E-state index in [0.29, 0.717) is 11.8 Å². The van der Waals surface area contributed by atoms with Crippen LogP contribution in [-0.2, 0) is 5.41 Å². The largest absolute Gasteiger partial charge is 0.425 e. The number of hydrogen-bond acceptors (Lipinski definition) is 4. The Morgan fingerprint density at radius 1 is 1.50 bits per heavy atom. The van der Waals surface area contributed by atoms with Crippen LogP contribution in [-0.4, -0.2) is 23.3 Å². The summed E-state index contributed by atoms with van der Waals surface area (Å²) in [6.07, 6.45) is 3.80. The Morgan fingerprint density at radius 3 is 3.21 bits per heavy atom. The van der Waals surface area contributed by atoms with E-state index in [1.54, 1.807) is 0 Å². The van der Waals surface area contributed by atoms with Crippen LogP contribution in [0.2, 0.25) is 0 Å². The van der Waals surface area contributed by atoms with Gasteiger partial charge in [0.2, 0.25) is 11.8 Å². The van der Waals surface area contributed by atoms with Crippen molar-refractivity contribution < 1.29 is 4.42 Å². The SMILES string of the molecule is Cc1nnc(C23CCCC2CNC3)o1. The maximum absolute atomic E-state index is 5.61. The number of nitrogens with zero attached hydrogens (tertiary/aromatic N) is 2. The van der Waals surface area contributed by atoms with Crippen LogP contribution in [0.15, 0.2) is 4.42 Å². The van der Waals surface area contributed by atoms with E-state index in [9.17, 15) is 0 Å². The normalized spacial score (nSPS) is 36.2. The molecule has 0 bridgehead atoms. The van der Waals surface area contributed by atoms with Gasteiger partial charge < -0.3 is 9.73 Å². The molecule has 14 heavy (non-hydrogen) atoms. The van der Waals surface area contributed by atoms with Gasteiger partial charge >= 0.3 is 0 Å². The zero-order valence-electron chi connectivity index (χ0n) is 8.42. The maximum atomic E-state index is 5.61. The Balaban J connectivity index is 2.02.